The van der Waals surface area contributed by atoms with Crippen molar-refractivity contribution in [1.82, 2.24) is 9.80 Å². The number of hydrogen-bond donors (Lipinski definition) is 1. The molecule has 2 N–H and O–H groups in total. The Balaban J connectivity index is 1.49. The van der Waals surface area contributed by atoms with Gasteiger partial charge in [0.1, 0.15) is 0 Å². The molecule has 98 valence electrons. The van der Waals surface area contributed by atoms with Crippen molar-refractivity contribution in [1.29, 1.82) is 0 Å². The Hall–Kier alpha value is 0.230. The quantitative estimate of drug-likeness (QED) is 0.797. The van der Waals surface area contributed by atoms with Gasteiger partial charge in [0.05, 0.1) is 0 Å². The maximum atomic E-state index is 5.98. The van der Waals surface area contributed by atoms with E-state index in [0.717, 1.165) is 12.1 Å². The second-order valence-corrected chi connectivity index (χ2v) is 6.98. The van der Waals surface area contributed by atoms with Crippen molar-refractivity contribution in [3.05, 3.63) is 0 Å². The summed E-state index contributed by atoms with van der Waals surface area (Å²) in [5, 5.41) is 0. The fraction of sp³-hybridized carbons (Fsp3) is 1.00. The van der Waals surface area contributed by atoms with E-state index in [1.807, 2.05) is 0 Å². The largest absolute Gasteiger partial charge is 0.328 e. The Bertz CT molecular complexity index is 247. The highest BCUT2D eigenvalue weighted by molar-refractivity contribution is 7.99. The van der Waals surface area contributed by atoms with Crippen LogP contribution in [0.5, 0.6) is 0 Å². The highest BCUT2D eigenvalue weighted by Gasteiger charge is 2.33. The smallest absolute Gasteiger partial charge is 0.0235 e. The maximum Gasteiger partial charge on any atom is 0.0235 e. The monoisotopic (exact) mass is 255 g/mol. The zero-order valence-corrected chi connectivity index (χ0v) is 11.5. The fourth-order valence-electron chi connectivity index (χ4n) is 3.49. The van der Waals surface area contributed by atoms with Gasteiger partial charge in [0.2, 0.25) is 0 Å². The van der Waals surface area contributed by atoms with Gasteiger partial charge >= 0.3 is 0 Å². The lowest BCUT2D eigenvalue weighted by Gasteiger charge is -2.35. The topological polar surface area (TPSA) is 32.5 Å². The van der Waals surface area contributed by atoms with Gasteiger partial charge in [-0.05, 0) is 44.5 Å². The van der Waals surface area contributed by atoms with Gasteiger partial charge in [-0.25, -0.2) is 0 Å². The third kappa shape index (κ3) is 2.80. The summed E-state index contributed by atoms with van der Waals surface area (Å²) in [6, 6.07) is 2.18. The normalized spacial score (nSPS) is 37.9. The summed E-state index contributed by atoms with van der Waals surface area (Å²) >= 11 is 2.13. The average Bonchev–Trinajstić information content (AvgIpc) is 3.00. The van der Waals surface area contributed by atoms with Crippen LogP contribution in [0.15, 0.2) is 0 Å². The van der Waals surface area contributed by atoms with Crippen LogP contribution < -0.4 is 5.73 Å². The summed E-state index contributed by atoms with van der Waals surface area (Å²) < 4.78 is 0. The Morgan fingerprint density at radius 2 is 1.65 bits per heavy atom. The molecule has 4 heteroatoms. The zero-order chi connectivity index (χ0) is 11.7. The lowest BCUT2D eigenvalue weighted by atomic mass is 10.0. The maximum absolute atomic E-state index is 5.98. The van der Waals surface area contributed by atoms with Crippen molar-refractivity contribution < 1.29 is 0 Å². The first-order chi connectivity index (χ1) is 8.33. The van der Waals surface area contributed by atoms with Crippen molar-refractivity contribution in [2.45, 2.75) is 43.8 Å². The molecule has 17 heavy (non-hydrogen) atoms. The summed E-state index contributed by atoms with van der Waals surface area (Å²) in [6.45, 7) is 5.12. The summed E-state index contributed by atoms with van der Waals surface area (Å²) in [5.74, 6) is 2.75. The van der Waals surface area contributed by atoms with Crippen LogP contribution in [-0.4, -0.2) is 65.6 Å². The molecular formula is C13H25N3S. The number of nitrogens with zero attached hydrogens (tertiary/aromatic N) is 2. The first-order valence-electron chi connectivity index (χ1n) is 7.14. The zero-order valence-electron chi connectivity index (χ0n) is 10.7. The predicted octanol–water partition coefficient (Wildman–Crippen LogP) is 0.989. The van der Waals surface area contributed by atoms with Crippen LogP contribution in [0, 0.1) is 0 Å². The minimum atomic E-state index is 0.468. The van der Waals surface area contributed by atoms with Crippen LogP contribution in [0.25, 0.3) is 0 Å². The highest BCUT2D eigenvalue weighted by atomic mass is 32.2. The third-order valence-electron chi connectivity index (χ3n) is 4.71. The van der Waals surface area contributed by atoms with Crippen LogP contribution in [0.1, 0.15) is 25.7 Å². The first-order valence-corrected chi connectivity index (χ1v) is 8.30. The number of piperidine rings is 1. The van der Waals surface area contributed by atoms with E-state index in [2.05, 4.69) is 21.6 Å². The Labute approximate surface area is 109 Å². The minimum Gasteiger partial charge on any atom is -0.328 e. The number of thioether (sulfide) groups is 1. The molecule has 3 aliphatic heterocycles. The minimum absolute atomic E-state index is 0.468. The van der Waals surface area contributed by atoms with Gasteiger partial charge < -0.3 is 5.73 Å². The molecule has 0 aliphatic carbocycles. The van der Waals surface area contributed by atoms with Crippen molar-refractivity contribution >= 4 is 11.8 Å². The molecule has 0 radical (unpaired) electrons. The van der Waals surface area contributed by atoms with Crippen LogP contribution in [0.4, 0.5) is 0 Å². The van der Waals surface area contributed by atoms with Gasteiger partial charge in [-0.15, -0.1) is 0 Å². The van der Waals surface area contributed by atoms with Crippen LogP contribution >= 0.6 is 11.8 Å². The summed E-state index contributed by atoms with van der Waals surface area (Å²) in [6.07, 6.45) is 5.21. The molecule has 0 amide bonds. The van der Waals surface area contributed by atoms with Gasteiger partial charge in [-0.3, -0.25) is 9.80 Å². The van der Waals surface area contributed by atoms with E-state index in [-0.39, 0.29) is 0 Å². The van der Waals surface area contributed by atoms with E-state index in [1.165, 1.54) is 63.4 Å². The molecule has 0 aromatic carbocycles. The van der Waals surface area contributed by atoms with E-state index in [1.54, 1.807) is 0 Å². The first kappa shape index (κ1) is 12.3. The second-order valence-electron chi connectivity index (χ2n) is 5.83. The highest BCUT2D eigenvalue weighted by Crippen LogP contribution is 2.27. The van der Waals surface area contributed by atoms with Gasteiger partial charge in [0.15, 0.2) is 0 Å². The standard InChI is InChI=1S/C13H25N3S/c14-11-1-5-15(6-2-11)12-3-7-16(9-12)13-4-8-17-10-13/h11-13H,1-10,14H2. The summed E-state index contributed by atoms with van der Waals surface area (Å²) in [7, 11) is 0. The fourth-order valence-corrected chi connectivity index (χ4v) is 4.75. The number of rotatable bonds is 2. The van der Waals surface area contributed by atoms with E-state index < -0.39 is 0 Å². The van der Waals surface area contributed by atoms with E-state index in [4.69, 9.17) is 5.73 Å². The molecule has 2 unspecified atom stereocenters. The molecule has 0 bridgehead atoms. The SMILES string of the molecule is NC1CCN(C2CCN(C3CCSC3)C2)CC1. The molecule has 3 saturated heterocycles. The van der Waals surface area contributed by atoms with Crippen molar-refractivity contribution in [2.24, 2.45) is 5.73 Å². The molecule has 2 atom stereocenters. The van der Waals surface area contributed by atoms with Crippen LogP contribution in [0.3, 0.4) is 0 Å². The lowest BCUT2D eigenvalue weighted by Crippen LogP contribution is -2.46. The number of hydrogen-bond acceptors (Lipinski definition) is 4. The van der Waals surface area contributed by atoms with Crippen molar-refractivity contribution in [2.75, 3.05) is 37.7 Å². The summed E-state index contributed by atoms with van der Waals surface area (Å²) in [4.78, 5) is 5.45. The van der Waals surface area contributed by atoms with E-state index in [0.29, 0.717) is 6.04 Å². The van der Waals surface area contributed by atoms with Crippen molar-refractivity contribution in [3.8, 4) is 0 Å². The predicted molar refractivity (Wildman–Crippen MR) is 74.5 cm³/mol. The van der Waals surface area contributed by atoms with Crippen LogP contribution in [0.2, 0.25) is 0 Å². The second kappa shape index (κ2) is 5.47. The Morgan fingerprint density at radius 3 is 2.35 bits per heavy atom. The number of nitrogens with two attached hydrogens (primary N) is 1. The number of likely N-dealkylation sites (tertiary alicyclic amines) is 2. The molecule has 3 fully saturated rings. The molecule has 3 aliphatic rings. The molecule has 3 heterocycles. The third-order valence-corrected chi connectivity index (χ3v) is 5.85. The van der Waals surface area contributed by atoms with Gasteiger partial charge in [-0.1, -0.05) is 0 Å². The lowest BCUT2D eigenvalue weighted by molar-refractivity contribution is 0.146. The van der Waals surface area contributed by atoms with Gasteiger partial charge in [-0.2, -0.15) is 11.8 Å². The van der Waals surface area contributed by atoms with E-state index in [9.17, 15) is 0 Å². The van der Waals surface area contributed by atoms with Gasteiger partial charge in [0, 0.05) is 37.0 Å². The molecule has 0 spiro atoms. The summed E-state index contributed by atoms with van der Waals surface area (Å²) in [5.41, 5.74) is 5.98. The molecular weight excluding hydrogens is 230 g/mol. The molecule has 0 aromatic heterocycles. The average molecular weight is 255 g/mol. The molecule has 0 saturated carbocycles. The molecule has 3 nitrogen and oxygen atoms in total. The van der Waals surface area contributed by atoms with Crippen LogP contribution in [-0.2, 0) is 0 Å². The van der Waals surface area contributed by atoms with Crippen molar-refractivity contribution in [3.63, 3.8) is 0 Å². The molecule has 0 aromatic rings. The molecule has 3 rings (SSSR count). The van der Waals surface area contributed by atoms with Gasteiger partial charge in [0.25, 0.3) is 0 Å². The Kier molecular flexibility index (Phi) is 3.95. The van der Waals surface area contributed by atoms with E-state index >= 15 is 0 Å². The Morgan fingerprint density at radius 1 is 0.882 bits per heavy atom.